The minimum atomic E-state index is -1.15. The number of halogens is 1. The molecule has 1 aliphatic heterocycles. The third-order valence-corrected chi connectivity index (χ3v) is 3.37. The molecule has 1 aromatic carbocycles. The molecule has 1 fully saturated rings. The topological polar surface area (TPSA) is 69.9 Å². The molecule has 5 atom stereocenters. The number of ether oxygens (including phenoxy) is 1. The van der Waals surface area contributed by atoms with Gasteiger partial charge in [0.2, 0.25) is 0 Å². The number of hydrogen-bond acceptors (Lipinski definition) is 4. The first-order valence-electron chi connectivity index (χ1n) is 5.87. The molecular weight excluding hydrogens is 239 g/mol. The second-order valence-corrected chi connectivity index (χ2v) is 4.74. The first-order valence-corrected chi connectivity index (χ1v) is 5.87. The summed E-state index contributed by atoms with van der Waals surface area (Å²) < 4.78 is 18.5. The zero-order chi connectivity index (χ0) is 13.4. The van der Waals surface area contributed by atoms with Gasteiger partial charge in [-0.15, -0.1) is 0 Å². The van der Waals surface area contributed by atoms with Crippen LogP contribution in [0.15, 0.2) is 18.2 Å². The summed E-state index contributed by atoms with van der Waals surface area (Å²) in [5, 5.41) is 29.5. The third-order valence-electron chi connectivity index (χ3n) is 3.37. The Morgan fingerprint density at radius 1 is 1.28 bits per heavy atom. The standard InChI is InChI=1S/C13H17FO4/c1-6-5-8(3-4-9(6)14)11(16)13-12(17)10(15)7(2)18-13/h3-5,7,10-13,15-17H,1-2H3/t7-,10-,11+,12-,13+/m0/s1. The minimum Gasteiger partial charge on any atom is -0.388 e. The summed E-state index contributed by atoms with van der Waals surface area (Å²) in [7, 11) is 0. The van der Waals surface area contributed by atoms with Crippen LogP contribution in [0.1, 0.15) is 24.2 Å². The van der Waals surface area contributed by atoms with Crippen LogP contribution >= 0.6 is 0 Å². The van der Waals surface area contributed by atoms with E-state index in [9.17, 15) is 19.7 Å². The van der Waals surface area contributed by atoms with Crippen molar-refractivity contribution in [3.63, 3.8) is 0 Å². The molecule has 0 radical (unpaired) electrons. The zero-order valence-electron chi connectivity index (χ0n) is 10.2. The molecule has 1 aromatic rings. The lowest BCUT2D eigenvalue weighted by Gasteiger charge is -2.21. The highest BCUT2D eigenvalue weighted by atomic mass is 19.1. The van der Waals surface area contributed by atoms with Crippen LogP contribution in [0.25, 0.3) is 0 Å². The van der Waals surface area contributed by atoms with Crippen molar-refractivity contribution in [2.45, 2.75) is 44.4 Å². The van der Waals surface area contributed by atoms with E-state index >= 15 is 0 Å². The van der Waals surface area contributed by atoms with Crippen LogP contribution in [0, 0.1) is 12.7 Å². The average molecular weight is 256 g/mol. The smallest absolute Gasteiger partial charge is 0.126 e. The highest BCUT2D eigenvalue weighted by molar-refractivity contribution is 5.26. The number of benzene rings is 1. The summed E-state index contributed by atoms with van der Waals surface area (Å²) in [5.41, 5.74) is 0.867. The van der Waals surface area contributed by atoms with Crippen molar-refractivity contribution in [2.75, 3.05) is 0 Å². The second kappa shape index (κ2) is 4.93. The van der Waals surface area contributed by atoms with E-state index in [0.29, 0.717) is 11.1 Å². The van der Waals surface area contributed by atoms with Gasteiger partial charge in [0.1, 0.15) is 30.2 Å². The predicted octanol–water partition coefficient (Wildman–Crippen LogP) is 0.677. The SMILES string of the molecule is Cc1cc([C@@H](O)[C@H]2O[C@@H](C)[C@H](O)[C@@H]2O)ccc1F. The fraction of sp³-hybridized carbons (Fsp3) is 0.538. The third kappa shape index (κ3) is 2.27. The van der Waals surface area contributed by atoms with Gasteiger partial charge in [0.15, 0.2) is 0 Å². The Balaban J connectivity index is 2.21. The van der Waals surface area contributed by atoms with Crippen molar-refractivity contribution < 1.29 is 24.4 Å². The lowest BCUT2D eigenvalue weighted by molar-refractivity contribution is -0.0636. The molecule has 2 rings (SSSR count). The van der Waals surface area contributed by atoms with Crippen LogP contribution in [-0.2, 0) is 4.74 Å². The van der Waals surface area contributed by atoms with Gasteiger partial charge in [-0.2, -0.15) is 0 Å². The highest BCUT2D eigenvalue weighted by Gasteiger charge is 2.44. The molecule has 0 aliphatic carbocycles. The van der Waals surface area contributed by atoms with Gasteiger partial charge in [-0.05, 0) is 31.0 Å². The summed E-state index contributed by atoms with van der Waals surface area (Å²) in [6, 6.07) is 4.21. The van der Waals surface area contributed by atoms with Gasteiger partial charge in [0, 0.05) is 0 Å². The highest BCUT2D eigenvalue weighted by Crippen LogP contribution is 2.31. The quantitative estimate of drug-likeness (QED) is 0.727. The first kappa shape index (κ1) is 13.4. The van der Waals surface area contributed by atoms with Gasteiger partial charge in [-0.3, -0.25) is 0 Å². The number of aryl methyl sites for hydroxylation is 1. The number of rotatable bonds is 2. The van der Waals surface area contributed by atoms with E-state index in [1.165, 1.54) is 18.2 Å². The molecule has 1 aliphatic rings. The van der Waals surface area contributed by atoms with Crippen molar-refractivity contribution >= 4 is 0 Å². The summed E-state index contributed by atoms with van der Waals surface area (Å²) in [6.07, 6.45) is -4.72. The van der Waals surface area contributed by atoms with Crippen molar-refractivity contribution in [1.82, 2.24) is 0 Å². The van der Waals surface area contributed by atoms with Crippen LogP contribution in [0.5, 0.6) is 0 Å². The van der Waals surface area contributed by atoms with E-state index in [-0.39, 0.29) is 5.82 Å². The van der Waals surface area contributed by atoms with Gasteiger partial charge < -0.3 is 20.1 Å². The minimum absolute atomic E-state index is 0.354. The molecule has 4 nitrogen and oxygen atoms in total. The summed E-state index contributed by atoms with van der Waals surface area (Å²) in [4.78, 5) is 0. The van der Waals surface area contributed by atoms with Crippen molar-refractivity contribution in [3.8, 4) is 0 Å². The van der Waals surface area contributed by atoms with E-state index in [0.717, 1.165) is 0 Å². The van der Waals surface area contributed by atoms with E-state index < -0.39 is 30.5 Å². The van der Waals surface area contributed by atoms with E-state index in [1.54, 1.807) is 13.8 Å². The molecule has 100 valence electrons. The van der Waals surface area contributed by atoms with Crippen LogP contribution in [0.3, 0.4) is 0 Å². The van der Waals surface area contributed by atoms with Crippen molar-refractivity contribution in [3.05, 3.63) is 35.1 Å². The Bertz CT molecular complexity index is 437. The van der Waals surface area contributed by atoms with Crippen LogP contribution in [-0.4, -0.2) is 39.7 Å². The van der Waals surface area contributed by atoms with Gasteiger partial charge in [-0.25, -0.2) is 4.39 Å². The lowest BCUT2D eigenvalue weighted by atomic mass is 9.97. The maximum Gasteiger partial charge on any atom is 0.126 e. The maximum atomic E-state index is 13.1. The molecule has 0 aromatic heterocycles. The molecule has 18 heavy (non-hydrogen) atoms. The second-order valence-electron chi connectivity index (χ2n) is 4.74. The van der Waals surface area contributed by atoms with Gasteiger partial charge in [0.05, 0.1) is 6.10 Å². The number of hydrogen-bond donors (Lipinski definition) is 3. The molecule has 0 spiro atoms. The van der Waals surface area contributed by atoms with Crippen LogP contribution < -0.4 is 0 Å². The molecule has 0 amide bonds. The monoisotopic (exact) mass is 256 g/mol. The predicted molar refractivity (Wildman–Crippen MR) is 62.4 cm³/mol. The number of aliphatic hydroxyl groups is 3. The number of aliphatic hydroxyl groups excluding tert-OH is 3. The normalized spacial score (nSPS) is 33.7. The molecule has 0 saturated carbocycles. The lowest BCUT2D eigenvalue weighted by Crippen LogP contribution is -2.34. The van der Waals surface area contributed by atoms with Crippen LogP contribution in [0.2, 0.25) is 0 Å². The van der Waals surface area contributed by atoms with Crippen molar-refractivity contribution in [2.24, 2.45) is 0 Å². The molecule has 3 N–H and O–H groups in total. The Labute approximate surface area is 105 Å². The summed E-state index contributed by atoms with van der Waals surface area (Å²) in [6.45, 7) is 3.21. The Kier molecular flexibility index (Phi) is 3.68. The molecule has 0 unspecified atom stereocenters. The van der Waals surface area contributed by atoms with Crippen LogP contribution in [0.4, 0.5) is 4.39 Å². The van der Waals surface area contributed by atoms with E-state index in [2.05, 4.69) is 0 Å². The fourth-order valence-corrected chi connectivity index (χ4v) is 2.18. The summed E-state index contributed by atoms with van der Waals surface area (Å²) in [5.74, 6) is -0.354. The fourth-order valence-electron chi connectivity index (χ4n) is 2.18. The van der Waals surface area contributed by atoms with E-state index in [4.69, 9.17) is 4.74 Å². The Morgan fingerprint density at radius 3 is 2.44 bits per heavy atom. The average Bonchev–Trinajstić information content (AvgIpc) is 2.60. The Hall–Kier alpha value is -1.01. The van der Waals surface area contributed by atoms with E-state index in [1.807, 2.05) is 0 Å². The van der Waals surface area contributed by atoms with Gasteiger partial charge in [-0.1, -0.05) is 12.1 Å². The molecule has 5 heteroatoms. The molecule has 1 heterocycles. The first-order chi connectivity index (χ1) is 8.41. The van der Waals surface area contributed by atoms with Crippen molar-refractivity contribution in [1.29, 1.82) is 0 Å². The zero-order valence-corrected chi connectivity index (χ0v) is 10.2. The maximum absolute atomic E-state index is 13.1. The molecular formula is C13H17FO4. The summed E-state index contributed by atoms with van der Waals surface area (Å²) >= 11 is 0. The Morgan fingerprint density at radius 2 is 1.94 bits per heavy atom. The molecule has 0 bridgehead atoms. The largest absolute Gasteiger partial charge is 0.388 e. The van der Waals surface area contributed by atoms with Gasteiger partial charge >= 0.3 is 0 Å². The molecule has 1 saturated heterocycles. The van der Waals surface area contributed by atoms with Gasteiger partial charge in [0.25, 0.3) is 0 Å².